The van der Waals surface area contributed by atoms with Crippen LogP contribution < -0.4 is 10.5 Å². The molecule has 0 spiro atoms. The van der Waals surface area contributed by atoms with E-state index in [4.69, 9.17) is 5.73 Å². The minimum atomic E-state index is -5.23. The van der Waals surface area contributed by atoms with Gasteiger partial charge in [0.05, 0.1) is 7.11 Å². The quantitative estimate of drug-likeness (QED) is 0.683. The van der Waals surface area contributed by atoms with Crippen molar-refractivity contribution in [2.45, 2.75) is 19.1 Å². The summed E-state index contributed by atoms with van der Waals surface area (Å²) in [6.07, 6.45) is -10.2. The van der Waals surface area contributed by atoms with Gasteiger partial charge in [-0.1, -0.05) is 0 Å². The van der Waals surface area contributed by atoms with Crippen molar-refractivity contribution in [3.63, 3.8) is 0 Å². The van der Waals surface area contributed by atoms with E-state index in [-0.39, 0.29) is 0 Å². The highest BCUT2D eigenvalue weighted by molar-refractivity contribution is 5.90. The first-order valence-electron chi connectivity index (χ1n) is 5.15. The summed E-state index contributed by atoms with van der Waals surface area (Å²) < 4.78 is 82.3. The fourth-order valence-corrected chi connectivity index (χ4v) is 1.38. The van der Waals surface area contributed by atoms with E-state index in [1.54, 1.807) is 0 Å². The maximum absolute atomic E-state index is 12.7. The maximum Gasteiger partial charge on any atom is 0.573 e. The van der Waals surface area contributed by atoms with Crippen molar-refractivity contribution in [1.82, 2.24) is 4.98 Å². The SMILES string of the molecule is COC(=O)c1nc(C(F)(F)F)c(CN)cc1OC(F)(F)F. The zero-order valence-electron chi connectivity index (χ0n) is 10.3. The van der Waals surface area contributed by atoms with E-state index in [9.17, 15) is 31.1 Å². The highest BCUT2D eigenvalue weighted by Gasteiger charge is 2.39. The first-order valence-corrected chi connectivity index (χ1v) is 5.15. The van der Waals surface area contributed by atoms with Gasteiger partial charge in [0, 0.05) is 12.1 Å². The molecule has 0 unspecified atom stereocenters. The molecule has 1 rings (SSSR count). The Balaban J connectivity index is 3.52. The standard InChI is InChI=1S/C10H8F6N2O3/c1-20-8(19)6-5(21-10(14,15)16)2-4(3-17)7(18-6)9(11,12)13/h2H,3,17H2,1H3. The fourth-order valence-electron chi connectivity index (χ4n) is 1.38. The summed E-state index contributed by atoms with van der Waals surface area (Å²) in [6.45, 7) is -0.752. The molecule has 0 amide bonds. The van der Waals surface area contributed by atoms with E-state index in [1.807, 2.05) is 0 Å². The average molecular weight is 318 g/mol. The van der Waals surface area contributed by atoms with E-state index in [0.717, 1.165) is 7.11 Å². The van der Waals surface area contributed by atoms with Crippen molar-refractivity contribution in [2.24, 2.45) is 5.73 Å². The Bertz CT molecular complexity index is 541. The van der Waals surface area contributed by atoms with Crippen molar-refractivity contribution in [1.29, 1.82) is 0 Å². The van der Waals surface area contributed by atoms with Gasteiger partial charge in [-0.2, -0.15) is 13.2 Å². The number of pyridine rings is 1. The minimum absolute atomic E-state index is 0.357. The van der Waals surface area contributed by atoms with Crippen LogP contribution >= 0.6 is 0 Å². The minimum Gasteiger partial charge on any atom is -0.464 e. The Morgan fingerprint density at radius 1 is 1.29 bits per heavy atom. The molecule has 0 aliphatic heterocycles. The van der Waals surface area contributed by atoms with Crippen LogP contribution in [-0.2, 0) is 17.5 Å². The molecule has 0 saturated heterocycles. The molecule has 0 saturated carbocycles. The van der Waals surface area contributed by atoms with Crippen LogP contribution in [0.4, 0.5) is 26.3 Å². The predicted molar refractivity (Wildman–Crippen MR) is 55.2 cm³/mol. The van der Waals surface area contributed by atoms with Gasteiger partial charge >= 0.3 is 18.5 Å². The van der Waals surface area contributed by atoms with Gasteiger partial charge in [-0.15, -0.1) is 13.2 Å². The zero-order chi connectivity index (χ0) is 16.4. The Kier molecular flexibility index (Phi) is 4.66. The van der Waals surface area contributed by atoms with Crippen LogP contribution in [-0.4, -0.2) is 24.4 Å². The number of rotatable bonds is 3. The summed E-state index contributed by atoms with van der Waals surface area (Å²) in [7, 11) is 0.769. The first kappa shape index (κ1) is 17.0. The summed E-state index contributed by atoms with van der Waals surface area (Å²) in [5.41, 5.74) is 1.46. The van der Waals surface area contributed by atoms with Gasteiger partial charge in [0.25, 0.3) is 0 Å². The van der Waals surface area contributed by atoms with Crippen LogP contribution in [0.15, 0.2) is 6.07 Å². The molecule has 0 radical (unpaired) electrons. The van der Waals surface area contributed by atoms with Crippen molar-refractivity contribution in [3.05, 3.63) is 23.0 Å². The number of carbonyl (C=O) groups excluding carboxylic acids is 1. The number of esters is 1. The second kappa shape index (κ2) is 5.76. The second-order valence-corrected chi connectivity index (χ2v) is 3.58. The normalized spacial score (nSPS) is 12.2. The van der Waals surface area contributed by atoms with E-state index >= 15 is 0 Å². The van der Waals surface area contributed by atoms with Crippen LogP contribution in [0.2, 0.25) is 0 Å². The largest absolute Gasteiger partial charge is 0.573 e. The van der Waals surface area contributed by atoms with Gasteiger partial charge in [0.1, 0.15) is 5.69 Å². The molecule has 21 heavy (non-hydrogen) atoms. The molecule has 0 aromatic carbocycles. The van der Waals surface area contributed by atoms with Gasteiger partial charge in [0.2, 0.25) is 0 Å². The van der Waals surface area contributed by atoms with Gasteiger partial charge in [-0.05, 0) is 6.07 Å². The molecule has 0 atom stereocenters. The number of methoxy groups -OCH3 is 1. The molecule has 11 heteroatoms. The lowest BCUT2D eigenvalue weighted by Gasteiger charge is -2.16. The summed E-state index contributed by atoms with van der Waals surface area (Å²) in [5, 5.41) is 0. The summed E-state index contributed by atoms with van der Waals surface area (Å²) in [5.74, 6) is -2.73. The summed E-state index contributed by atoms with van der Waals surface area (Å²) in [6, 6.07) is 0.357. The Morgan fingerprint density at radius 3 is 2.24 bits per heavy atom. The highest BCUT2D eigenvalue weighted by atomic mass is 19.4. The predicted octanol–water partition coefficient (Wildman–Crippen LogP) is 2.24. The van der Waals surface area contributed by atoms with Crippen molar-refractivity contribution < 1.29 is 40.6 Å². The van der Waals surface area contributed by atoms with Crippen LogP contribution in [0, 0.1) is 0 Å². The third-order valence-electron chi connectivity index (χ3n) is 2.16. The fraction of sp³-hybridized carbons (Fsp3) is 0.400. The summed E-state index contributed by atoms with van der Waals surface area (Å²) in [4.78, 5) is 14.1. The third kappa shape index (κ3) is 4.21. The van der Waals surface area contributed by atoms with Crippen molar-refractivity contribution in [3.8, 4) is 5.75 Å². The van der Waals surface area contributed by atoms with Gasteiger partial charge in [-0.25, -0.2) is 9.78 Å². The van der Waals surface area contributed by atoms with Crippen molar-refractivity contribution in [2.75, 3.05) is 7.11 Å². The van der Waals surface area contributed by atoms with E-state index in [1.165, 1.54) is 0 Å². The van der Waals surface area contributed by atoms with E-state index in [0.29, 0.717) is 6.07 Å². The first-order chi connectivity index (χ1) is 9.49. The maximum atomic E-state index is 12.7. The molecule has 0 aliphatic rings. The molecule has 0 aliphatic carbocycles. The van der Waals surface area contributed by atoms with Crippen molar-refractivity contribution >= 4 is 5.97 Å². The number of carbonyl (C=O) groups is 1. The summed E-state index contributed by atoms with van der Waals surface area (Å²) >= 11 is 0. The molecule has 2 N–H and O–H groups in total. The lowest BCUT2D eigenvalue weighted by atomic mass is 10.1. The third-order valence-corrected chi connectivity index (χ3v) is 2.16. The monoisotopic (exact) mass is 318 g/mol. The lowest BCUT2D eigenvalue weighted by Crippen LogP contribution is -2.23. The number of nitrogens with two attached hydrogens (primary N) is 1. The molecular weight excluding hydrogens is 310 g/mol. The van der Waals surface area contributed by atoms with Crippen LogP contribution in [0.1, 0.15) is 21.7 Å². The number of hydrogen-bond acceptors (Lipinski definition) is 5. The zero-order valence-corrected chi connectivity index (χ0v) is 10.3. The lowest BCUT2D eigenvalue weighted by molar-refractivity contribution is -0.274. The number of aromatic nitrogens is 1. The Hall–Kier alpha value is -2.04. The van der Waals surface area contributed by atoms with Gasteiger partial charge in [-0.3, -0.25) is 0 Å². The van der Waals surface area contributed by atoms with E-state index < -0.39 is 47.8 Å². The number of halogens is 6. The van der Waals surface area contributed by atoms with Gasteiger partial charge in [0.15, 0.2) is 11.4 Å². The molecule has 1 heterocycles. The second-order valence-electron chi connectivity index (χ2n) is 3.58. The van der Waals surface area contributed by atoms with Crippen LogP contribution in [0.25, 0.3) is 0 Å². The smallest absolute Gasteiger partial charge is 0.464 e. The molecule has 118 valence electrons. The van der Waals surface area contributed by atoms with Gasteiger partial charge < -0.3 is 15.2 Å². The Morgan fingerprint density at radius 2 is 1.86 bits per heavy atom. The average Bonchev–Trinajstić information content (AvgIpc) is 2.34. The number of nitrogens with zero attached hydrogens (tertiary/aromatic N) is 1. The number of hydrogen-bond donors (Lipinski definition) is 1. The number of ether oxygens (including phenoxy) is 2. The molecule has 1 aromatic heterocycles. The molecular formula is C10H8F6N2O3. The van der Waals surface area contributed by atoms with E-state index in [2.05, 4.69) is 14.5 Å². The molecule has 5 nitrogen and oxygen atoms in total. The van der Waals surface area contributed by atoms with Crippen LogP contribution in [0.5, 0.6) is 5.75 Å². The molecule has 0 fully saturated rings. The Labute approximate surface area is 113 Å². The highest BCUT2D eigenvalue weighted by Crippen LogP contribution is 2.35. The molecule has 0 bridgehead atoms. The molecule has 1 aromatic rings. The number of alkyl halides is 6. The van der Waals surface area contributed by atoms with Crippen LogP contribution in [0.3, 0.4) is 0 Å². The topological polar surface area (TPSA) is 74.4 Å².